The summed E-state index contributed by atoms with van der Waals surface area (Å²) in [6, 6.07) is 11.5. The van der Waals surface area contributed by atoms with Crippen LogP contribution in [0.1, 0.15) is 57.2 Å². The molecule has 0 fully saturated rings. The highest BCUT2D eigenvalue weighted by atomic mass is 16.7. The Bertz CT molecular complexity index is 1630. The van der Waals surface area contributed by atoms with E-state index in [0.717, 1.165) is 50.3 Å². The molecule has 3 aromatic rings. The summed E-state index contributed by atoms with van der Waals surface area (Å²) in [4.78, 5) is 41.7. The molecule has 250 valence electrons. The summed E-state index contributed by atoms with van der Waals surface area (Å²) in [6.45, 7) is 14.2. The third-order valence-corrected chi connectivity index (χ3v) is 7.56. The Morgan fingerprint density at radius 2 is 1.45 bits per heavy atom. The van der Waals surface area contributed by atoms with E-state index in [2.05, 4.69) is 18.8 Å². The van der Waals surface area contributed by atoms with Crippen LogP contribution in [0.3, 0.4) is 0 Å². The van der Waals surface area contributed by atoms with E-state index in [4.69, 9.17) is 24.7 Å². The Morgan fingerprint density at radius 1 is 0.809 bits per heavy atom. The van der Waals surface area contributed by atoms with Crippen LogP contribution >= 0.6 is 0 Å². The van der Waals surface area contributed by atoms with Gasteiger partial charge in [-0.3, -0.25) is 14.5 Å². The lowest BCUT2D eigenvalue weighted by Gasteiger charge is -2.23. The van der Waals surface area contributed by atoms with Gasteiger partial charge in [-0.15, -0.1) is 0 Å². The third-order valence-electron chi connectivity index (χ3n) is 7.56. The summed E-state index contributed by atoms with van der Waals surface area (Å²) in [5.74, 6) is 0.00822. The highest BCUT2D eigenvalue weighted by Gasteiger charge is 2.22. The monoisotopic (exact) mass is 643 g/mol. The summed E-state index contributed by atoms with van der Waals surface area (Å²) < 4.78 is 21.9. The van der Waals surface area contributed by atoms with Gasteiger partial charge >= 0.3 is 12.1 Å². The van der Waals surface area contributed by atoms with E-state index in [0.29, 0.717) is 18.2 Å². The fraction of sp³-hybridized carbons (Fsp3) is 0.351. The lowest BCUT2D eigenvalue weighted by molar-refractivity contribution is -0.152. The normalized spacial score (nSPS) is 10.5. The van der Waals surface area contributed by atoms with Crippen LogP contribution in [0, 0.1) is 20.8 Å². The van der Waals surface area contributed by atoms with Gasteiger partial charge in [-0.05, 0) is 101 Å². The number of rotatable bonds is 14. The number of benzene rings is 2. The van der Waals surface area contributed by atoms with E-state index in [1.165, 1.54) is 10.5 Å². The molecule has 0 saturated carbocycles. The van der Waals surface area contributed by atoms with Gasteiger partial charge in [0.1, 0.15) is 12.4 Å². The first kappa shape index (κ1) is 36.3. The van der Waals surface area contributed by atoms with E-state index in [-0.39, 0.29) is 19.4 Å². The minimum absolute atomic E-state index is 0.143. The molecule has 0 spiro atoms. The molecule has 10 nitrogen and oxygen atoms in total. The lowest BCUT2D eigenvalue weighted by atomic mass is 9.86. The molecular weight excluding hydrogens is 598 g/mol. The van der Waals surface area contributed by atoms with Crippen LogP contribution in [-0.4, -0.2) is 50.0 Å². The van der Waals surface area contributed by atoms with Crippen LogP contribution in [0.25, 0.3) is 22.3 Å². The zero-order valence-electron chi connectivity index (χ0n) is 28.6. The number of nitrogens with zero attached hydrogens (tertiary/aromatic N) is 2. The first-order valence-corrected chi connectivity index (χ1v) is 15.4. The average molecular weight is 644 g/mol. The minimum atomic E-state index is -0.686. The number of methoxy groups -OCH3 is 1. The molecule has 2 N–H and O–H groups in total. The number of hydrogen-bond acceptors (Lipinski definition) is 8. The molecule has 47 heavy (non-hydrogen) atoms. The van der Waals surface area contributed by atoms with Crippen molar-refractivity contribution >= 4 is 23.7 Å². The standard InChI is InChI=1S/C37H45N3O7/c1-23(2)17-19-40(37(43)47-22-46-33(42)16-14-31(38)41)30-12-9-28(10-13-30)34-25(5)26(6)35(36(44-8)27(34)7)29-11-15-32(39-21-29)45-20-18-24(3)4/h9-13,15,17-18,21H,14,16,19-20,22H2,1-8H3,(H2,38,41). The number of ether oxygens (including phenoxy) is 4. The van der Waals surface area contributed by atoms with Crippen LogP contribution in [0.15, 0.2) is 65.9 Å². The van der Waals surface area contributed by atoms with Gasteiger partial charge in [-0.25, -0.2) is 9.78 Å². The zero-order valence-corrected chi connectivity index (χ0v) is 28.6. The van der Waals surface area contributed by atoms with Crippen LogP contribution in [0.5, 0.6) is 11.6 Å². The second kappa shape index (κ2) is 17.0. The fourth-order valence-electron chi connectivity index (χ4n) is 4.96. The summed E-state index contributed by atoms with van der Waals surface area (Å²) in [6.07, 6.45) is 4.69. The van der Waals surface area contributed by atoms with Crippen LogP contribution < -0.4 is 20.1 Å². The molecule has 0 bridgehead atoms. The molecule has 3 rings (SSSR count). The molecule has 2 amide bonds. The van der Waals surface area contributed by atoms with Crippen LogP contribution in [0.2, 0.25) is 0 Å². The second-order valence-electron chi connectivity index (χ2n) is 11.6. The number of nitrogens with two attached hydrogens (primary N) is 1. The first-order chi connectivity index (χ1) is 22.3. The molecule has 0 atom stereocenters. The van der Waals surface area contributed by atoms with Crippen LogP contribution in [-0.2, 0) is 19.1 Å². The molecule has 0 unspecified atom stereocenters. The predicted molar refractivity (Wildman–Crippen MR) is 183 cm³/mol. The maximum Gasteiger partial charge on any atom is 0.417 e. The molecule has 0 saturated heterocycles. The number of esters is 1. The highest BCUT2D eigenvalue weighted by molar-refractivity contribution is 5.90. The van der Waals surface area contributed by atoms with Gasteiger partial charge < -0.3 is 24.7 Å². The Labute approximate surface area is 277 Å². The number of aromatic nitrogens is 1. The zero-order chi connectivity index (χ0) is 34.7. The summed E-state index contributed by atoms with van der Waals surface area (Å²) in [5.41, 5.74) is 14.9. The molecule has 1 heterocycles. The SMILES string of the molecule is COc1c(C)c(-c2ccc(N(CC=C(C)C)C(=O)OCOC(=O)CCC(N)=O)cc2)c(C)c(C)c1-c1ccc(OCC=C(C)C)nc1. The van der Waals surface area contributed by atoms with Crippen molar-refractivity contribution in [3.63, 3.8) is 0 Å². The van der Waals surface area contributed by atoms with Crippen molar-refractivity contribution in [1.82, 2.24) is 4.98 Å². The molecule has 2 aromatic carbocycles. The van der Waals surface area contributed by atoms with Crippen molar-refractivity contribution in [2.45, 2.75) is 61.3 Å². The predicted octanol–water partition coefficient (Wildman–Crippen LogP) is 7.37. The Kier molecular flexibility index (Phi) is 13.1. The molecule has 0 aliphatic carbocycles. The number of hydrogen-bond donors (Lipinski definition) is 1. The summed E-state index contributed by atoms with van der Waals surface area (Å²) in [7, 11) is 1.67. The Morgan fingerprint density at radius 3 is 2.02 bits per heavy atom. The largest absolute Gasteiger partial charge is 0.496 e. The smallest absolute Gasteiger partial charge is 0.417 e. The van der Waals surface area contributed by atoms with Crippen LogP contribution in [0.4, 0.5) is 10.5 Å². The van der Waals surface area contributed by atoms with Crippen molar-refractivity contribution in [1.29, 1.82) is 0 Å². The van der Waals surface area contributed by atoms with Gasteiger partial charge in [0, 0.05) is 42.0 Å². The number of anilines is 1. The summed E-state index contributed by atoms with van der Waals surface area (Å²) in [5, 5.41) is 0. The molecule has 10 heteroatoms. The van der Waals surface area contributed by atoms with Gasteiger partial charge in [0.05, 0.1) is 13.5 Å². The average Bonchev–Trinajstić information content (AvgIpc) is 3.02. The second-order valence-corrected chi connectivity index (χ2v) is 11.6. The van der Waals surface area contributed by atoms with Gasteiger partial charge in [0.25, 0.3) is 0 Å². The van der Waals surface area contributed by atoms with E-state index in [1.807, 2.05) is 83.2 Å². The molecule has 0 aliphatic rings. The number of pyridine rings is 1. The Balaban J connectivity index is 1.88. The van der Waals surface area contributed by atoms with E-state index in [9.17, 15) is 14.4 Å². The molecule has 1 aromatic heterocycles. The minimum Gasteiger partial charge on any atom is -0.496 e. The number of carbonyl (C=O) groups is 3. The van der Waals surface area contributed by atoms with E-state index in [1.54, 1.807) is 13.3 Å². The third kappa shape index (κ3) is 9.93. The summed E-state index contributed by atoms with van der Waals surface area (Å²) >= 11 is 0. The molecule has 0 aliphatic heterocycles. The first-order valence-electron chi connectivity index (χ1n) is 15.4. The van der Waals surface area contributed by atoms with Crippen molar-refractivity contribution in [3.8, 4) is 33.9 Å². The Hall–Kier alpha value is -5.12. The number of allylic oxidation sites excluding steroid dienone is 2. The van der Waals surface area contributed by atoms with Gasteiger partial charge in [-0.2, -0.15) is 0 Å². The fourth-order valence-corrected chi connectivity index (χ4v) is 4.96. The number of primary amides is 1. The van der Waals surface area contributed by atoms with Crippen molar-refractivity contribution in [2.24, 2.45) is 5.73 Å². The maximum absolute atomic E-state index is 13.0. The molecule has 0 radical (unpaired) electrons. The topological polar surface area (TPSA) is 130 Å². The number of carbonyl (C=O) groups excluding carboxylic acids is 3. The van der Waals surface area contributed by atoms with Gasteiger partial charge in [0.15, 0.2) is 0 Å². The maximum atomic E-state index is 13.0. The van der Waals surface area contributed by atoms with Gasteiger partial charge in [-0.1, -0.05) is 29.4 Å². The lowest BCUT2D eigenvalue weighted by Crippen LogP contribution is -2.32. The van der Waals surface area contributed by atoms with E-state index >= 15 is 0 Å². The van der Waals surface area contributed by atoms with E-state index < -0.39 is 24.8 Å². The highest BCUT2D eigenvalue weighted by Crippen LogP contribution is 2.44. The quantitative estimate of drug-likeness (QED) is 0.109. The molecular formula is C37H45N3O7. The van der Waals surface area contributed by atoms with Crippen molar-refractivity contribution in [3.05, 3.63) is 82.6 Å². The number of amides is 2. The van der Waals surface area contributed by atoms with Crippen molar-refractivity contribution < 1.29 is 33.3 Å². The van der Waals surface area contributed by atoms with Crippen molar-refractivity contribution in [2.75, 3.05) is 32.0 Å². The van der Waals surface area contributed by atoms with Gasteiger partial charge in [0.2, 0.25) is 18.6 Å².